The molecule has 14 heavy (non-hydrogen) atoms. The van der Waals surface area contributed by atoms with Crippen LogP contribution in [0.2, 0.25) is 0 Å². The summed E-state index contributed by atoms with van der Waals surface area (Å²) in [5.41, 5.74) is 5.04. The van der Waals surface area contributed by atoms with Gasteiger partial charge in [0.2, 0.25) is 0 Å². The maximum absolute atomic E-state index is 11.3. The van der Waals surface area contributed by atoms with Crippen LogP contribution in [0, 0.1) is 0 Å². The van der Waals surface area contributed by atoms with Crippen LogP contribution < -0.4 is 5.73 Å². The second-order valence-electron chi connectivity index (χ2n) is 3.59. The number of methoxy groups -OCH3 is 1. The first-order chi connectivity index (χ1) is 6.29. The molecule has 0 saturated carbocycles. The lowest BCUT2D eigenvalue weighted by atomic mass is 9.92. The minimum absolute atomic E-state index is 0.253. The highest BCUT2D eigenvalue weighted by molar-refractivity contribution is 7.94. The highest BCUT2D eigenvalue weighted by Gasteiger charge is 2.32. The maximum Gasteiger partial charge on any atom is 0.175 e. The standard InChI is InChI=1S/C9H15NO3S/c1-9(13-2)6-7(14(3,11)12)4-5-8(9)10/h4-6,8H,10H2,1-3H3. The highest BCUT2D eigenvalue weighted by Crippen LogP contribution is 2.25. The first kappa shape index (κ1) is 11.4. The van der Waals surface area contributed by atoms with E-state index < -0.39 is 15.4 Å². The van der Waals surface area contributed by atoms with Gasteiger partial charge in [-0.25, -0.2) is 8.42 Å². The molecule has 0 heterocycles. The third kappa shape index (κ3) is 2.05. The van der Waals surface area contributed by atoms with E-state index in [4.69, 9.17) is 10.5 Å². The first-order valence-electron chi connectivity index (χ1n) is 4.21. The molecule has 0 aliphatic heterocycles. The van der Waals surface area contributed by atoms with Crippen molar-refractivity contribution in [2.24, 2.45) is 5.73 Å². The van der Waals surface area contributed by atoms with Crippen molar-refractivity contribution >= 4 is 9.84 Å². The van der Waals surface area contributed by atoms with Gasteiger partial charge in [-0.05, 0) is 19.1 Å². The number of hydrogen-bond donors (Lipinski definition) is 1. The van der Waals surface area contributed by atoms with Crippen molar-refractivity contribution < 1.29 is 13.2 Å². The third-order valence-electron chi connectivity index (χ3n) is 2.43. The quantitative estimate of drug-likeness (QED) is 0.718. The molecule has 5 heteroatoms. The topological polar surface area (TPSA) is 69.4 Å². The highest BCUT2D eigenvalue weighted by atomic mass is 32.2. The number of nitrogens with two attached hydrogens (primary N) is 1. The van der Waals surface area contributed by atoms with E-state index in [1.807, 2.05) is 0 Å². The van der Waals surface area contributed by atoms with Crippen LogP contribution >= 0.6 is 0 Å². The Morgan fingerprint density at radius 3 is 2.57 bits per heavy atom. The number of sulfone groups is 1. The third-order valence-corrected chi connectivity index (χ3v) is 3.54. The van der Waals surface area contributed by atoms with Crippen LogP contribution in [0.5, 0.6) is 0 Å². The second-order valence-corrected chi connectivity index (χ2v) is 5.61. The Balaban J connectivity index is 3.16. The molecule has 0 aromatic heterocycles. The Labute approximate surface area is 84.4 Å². The average Bonchev–Trinajstić information content (AvgIpc) is 2.08. The van der Waals surface area contributed by atoms with Crippen LogP contribution in [0.1, 0.15) is 6.92 Å². The summed E-state index contributed by atoms with van der Waals surface area (Å²) in [6.45, 7) is 1.76. The van der Waals surface area contributed by atoms with Gasteiger partial charge in [-0.2, -0.15) is 0 Å². The fraction of sp³-hybridized carbons (Fsp3) is 0.556. The summed E-state index contributed by atoms with van der Waals surface area (Å²) in [7, 11) is -1.68. The van der Waals surface area contributed by atoms with Gasteiger partial charge in [0, 0.05) is 13.4 Å². The van der Waals surface area contributed by atoms with Crippen molar-refractivity contribution in [3.63, 3.8) is 0 Å². The van der Waals surface area contributed by atoms with E-state index in [2.05, 4.69) is 0 Å². The monoisotopic (exact) mass is 217 g/mol. The van der Waals surface area contributed by atoms with Crippen LogP contribution in [0.3, 0.4) is 0 Å². The van der Waals surface area contributed by atoms with Gasteiger partial charge in [-0.1, -0.05) is 6.08 Å². The molecule has 0 amide bonds. The normalized spacial score (nSPS) is 32.9. The molecular weight excluding hydrogens is 202 g/mol. The molecule has 2 N–H and O–H groups in total. The lowest BCUT2D eigenvalue weighted by Gasteiger charge is -2.32. The zero-order valence-electron chi connectivity index (χ0n) is 8.52. The van der Waals surface area contributed by atoms with E-state index in [-0.39, 0.29) is 10.9 Å². The van der Waals surface area contributed by atoms with Crippen LogP contribution in [0.25, 0.3) is 0 Å². The minimum atomic E-state index is -3.19. The fourth-order valence-corrected chi connectivity index (χ4v) is 2.02. The minimum Gasteiger partial charge on any atom is -0.372 e. The van der Waals surface area contributed by atoms with Gasteiger partial charge in [-0.3, -0.25) is 0 Å². The molecule has 4 nitrogen and oxygen atoms in total. The van der Waals surface area contributed by atoms with Gasteiger partial charge >= 0.3 is 0 Å². The zero-order chi connectivity index (χ0) is 11.0. The van der Waals surface area contributed by atoms with Crippen LogP contribution in [0.15, 0.2) is 23.1 Å². The summed E-state index contributed by atoms with van der Waals surface area (Å²) < 4.78 is 27.8. The van der Waals surface area contributed by atoms with Crippen LogP contribution in [-0.4, -0.2) is 33.4 Å². The lowest BCUT2D eigenvalue weighted by molar-refractivity contribution is 0.0370. The SMILES string of the molecule is COC1(C)C=C(S(C)(=O)=O)C=CC1N. The Morgan fingerprint density at radius 1 is 1.57 bits per heavy atom. The number of ether oxygens (including phenoxy) is 1. The molecule has 0 aromatic carbocycles. The van der Waals surface area contributed by atoms with Gasteiger partial charge in [0.05, 0.1) is 10.9 Å². The van der Waals surface area contributed by atoms with Gasteiger partial charge < -0.3 is 10.5 Å². The summed E-state index contributed by atoms with van der Waals surface area (Å²) in [5.74, 6) is 0. The van der Waals surface area contributed by atoms with Gasteiger partial charge in [0.25, 0.3) is 0 Å². The average molecular weight is 217 g/mol. The predicted octanol–water partition coefficient (Wildman–Crippen LogP) is 0.217. The van der Waals surface area contributed by atoms with Crippen molar-refractivity contribution in [2.75, 3.05) is 13.4 Å². The summed E-state index contributed by atoms with van der Waals surface area (Å²) in [6.07, 6.45) is 5.86. The van der Waals surface area contributed by atoms with E-state index in [0.29, 0.717) is 0 Å². The zero-order valence-corrected chi connectivity index (χ0v) is 9.34. The van der Waals surface area contributed by atoms with Gasteiger partial charge in [-0.15, -0.1) is 0 Å². The molecule has 1 aliphatic carbocycles. The van der Waals surface area contributed by atoms with Crippen LogP contribution in [0.4, 0.5) is 0 Å². The molecule has 1 rings (SSSR count). The summed E-state index contributed by atoms with van der Waals surface area (Å²) in [5, 5.41) is 0. The molecule has 2 atom stereocenters. The van der Waals surface area contributed by atoms with Crippen molar-refractivity contribution in [1.29, 1.82) is 0 Å². The predicted molar refractivity (Wildman–Crippen MR) is 55.5 cm³/mol. The van der Waals surface area contributed by atoms with Gasteiger partial charge in [0.15, 0.2) is 9.84 Å². The molecule has 80 valence electrons. The lowest BCUT2D eigenvalue weighted by Crippen LogP contribution is -2.46. The Bertz CT molecular complexity index is 383. The van der Waals surface area contributed by atoms with Gasteiger partial charge in [0.1, 0.15) is 5.60 Å². The van der Waals surface area contributed by atoms with E-state index in [1.54, 1.807) is 19.1 Å². The smallest absolute Gasteiger partial charge is 0.175 e. The molecule has 2 unspecified atom stereocenters. The second kappa shape index (κ2) is 3.49. The van der Waals surface area contributed by atoms with E-state index in [0.717, 1.165) is 6.26 Å². The van der Waals surface area contributed by atoms with Crippen molar-refractivity contribution in [1.82, 2.24) is 0 Å². The molecule has 0 fully saturated rings. The summed E-state index contributed by atoms with van der Waals surface area (Å²) >= 11 is 0. The molecule has 0 saturated heterocycles. The molecular formula is C9H15NO3S. The maximum atomic E-state index is 11.3. The summed E-state index contributed by atoms with van der Waals surface area (Å²) in [6, 6.07) is -0.321. The first-order valence-corrected chi connectivity index (χ1v) is 6.10. The van der Waals surface area contributed by atoms with Crippen molar-refractivity contribution in [3.8, 4) is 0 Å². The molecule has 0 aromatic rings. The summed E-state index contributed by atoms with van der Waals surface area (Å²) in [4.78, 5) is 0.253. The van der Waals surface area contributed by atoms with E-state index in [1.165, 1.54) is 13.2 Å². The Kier molecular flexibility index (Phi) is 2.85. The molecule has 0 radical (unpaired) electrons. The molecule has 0 bridgehead atoms. The fourth-order valence-electron chi connectivity index (χ4n) is 1.24. The molecule has 0 spiro atoms. The Hall–Kier alpha value is -0.650. The van der Waals surface area contributed by atoms with E-state index in [9.17, 15) is 8.42 Å². The van der Waals surface area contributed by atoms with E-state index >= 15 is 0 Å². The largest absolute Gasteiger partial charge is 0.372 e. The van der Waals surface area contributed by atoms with Crippen molar-refractivity contribution in [2.45, 2.75) is 18.6 Å². The number of rotatable bonds is 2. The Morgan fingerprint density at radius 2 is 2.14 bits per heavy atom. The molecule has 1 aliphatic rings. The van der Waals surface area contributed by atoms with Crippen LogP contribution in [-0.2, 0) is 14.6 Å². The number of allylic oxidation sites excluding steroid dienone is 1. The number of hydrogen-bond acceptors (Lipinski definition) is 4. The van der Waals surface area contributed by atoms with Crippen molar-refractivity contribution in [3.05, 3.63) is 23.1 Å².